The van der Waals surface area contributed by atoms with Crippen molar-refractivity contribution in [1.82, 2.24) is 15.2 Å². The van der Waals surface area contributed by atoms with E-state index in [1.54, 1.807) is 24.3 Å². The number of benzene rings is 2. The number of nitrogens with zero attached hydrogens (tertiary/aromatic N) is 2. The molecule has 3 aromatic rings. The van der Waals surface area contributed by atoms with E-state index in [-0.39, 0.29) is 49.0 Å². The Morgan fingerprint density at radius 2 is 1.57 bits per heavy atom. The van der Waals surface area contributed by atoms with Gasteiger partial charge in [0.15, 0.2) is 0 Å². The van der Waals surface area contributed by atoms with E-state index >= 15 is 0 Å². The first-order chi connectivity index (χ1) is 17.7. The molecule has 1 aliphatic carbocycles. The van der Waals surface area contributed by atoms with Gasteiger partial charge in [0.2, 0.25) is 0 Å². The van der Waals surface area contributed by atoms with Gasteiger partial charge in [-0.2, -0.15) is 0 Å². The number of hydrogen-bond donors (Lipinski definition) is 1. The van der Waals surface area contributed by atoms with Crippen molar-refractivity contribution in [1.29, 1.82) is 0 Å². The van der Waals surface area contributed by atoms with Gasteiger partial charge in [0.1, 0.15) is 29.0 Å². The Kier molecular flexibility index (Phi) is 6.19. The summed E-state index contributed by atoms with van der Waals surface area (Å²) in [5.41, 5.74) is 3.69. The first-order valence-corrected chi connectivity index (χ1v) is 12.1. The number of aromatic nitrogens is 1. The summed E-state index contributed by atoms with van der Waals surface area (Å²) in [5.74, 6) is -2.05. The highest BCUT2D eigenvalue weighted by atomic mass is 19.1. The van der Waals surface area contributed by atoms with Crippen molar-refractivity contribution >= 4 is 23.5 Å². The highest BCUT2D eigenvalue weighted by Crippen LogP contribution is 2.46. The average molecular weight is 500 g/mol. The maximum absolute atomic E-state index is 13.3. The summed E-state index contributed by atoms with van der Waals surface area (Å²) in [6.07, 6.45) is 1.85. The van der Waals surface area contributed by atoms with E-state index in [4.69, 9.17) is 0 Å². The van der Waals surface area contributed by atoms with Crippen molar-refractivity contribution in [2.75, 3.05) is 13.1 Å². The largest absolute Gasteiger partial charge is 0.324 e. The first kappa shape index (κ1) is 24.5. The van der Waals surface area contributed by atoms with Gasteiger partial charge >= 0.3 is 6.03 Å². The molecule has 0 atom stereocenters. The second-order valence-electron chi connectivity index (χ2n) is 10.1. The number of pyridine rings is 1. The average Bonchev–Trinajstić information content (AvgIpc) is 2.84. The highest BCUT2D eigenvalue weighted by molar-refractivity contribution is 6.11. The number of nitrogens with one attached hydrogen (secondary N) is 1. The molecule has 5 rings (SSSR count). The molecule has 1 aliphatic heterocycles. The Morgan fingerprint density at radius 3 is 2.14 bits per heavy atom. The minimum absolute atomic E-state index is 0.133. The molecule has 1 spiro atoms. The number of rotatable bonds is 3. The predicted octanol–water partition coefficient (Wildman–Crippen LogP) is 4.37. The molecule has 188 valence electrons. The Balaban J connectivity index is 1.27. The highest BCUT2D eigenvalue weighted by Gasteiger charge is 2.53. The van der Waals surface area contributed by atoms with Crippen molar-refractivity contribution in [3.8, 4) is 11.1 Å². The van der Waals surface area contributed by atoms with Crippen LogP contribution in [0.5, 0.6) is 0 Å². The molecule has 8 heteroatoms. The molecule has 1 aromatic heterocycles. The zero-order valence-electron chi connectivity index (χ0n) is 20.6. The molecule has 0 unspecified atom stereocenters. The number of ketones is 2. The fourth-order valence-corrected chi connectivity index (χ4v) is 5.61. The maximum atomic E-state index is 13.3. The van der Waals surface area contributed by atoms with Crippen molar-refractivity contribution in [3.63, 3.8) is 0 Å². The van der Waals surface area contributed by atoms with Gasteiger partial charge in [-0.15, -0.1) is 0 Å². The van der Waals surface area contributed by atoms with Crippen LogP contribution in [0.3, 0.4) is 0 Å². The fourth-order valence-electron chi connectivity index (χ4n) is 5.61. The lowest BCUT2D eigenvalue weighted by atomic mass is 9.63. The summed E-state index contributed by atoms with van der Waals surface area (Å²) >= 11 is 0. The molecule has 1 saturated carbocycles. The van der Waals surface area contributed by atoms with Crippen LogP contribution in [-0.4, -0.2) is 46.5 Å². The number of amides is 3. The summed E-state index contributed by atoms with van der Waals surface area (Å²) in [6, 6.07) is 14.3. The molecule has 37 heavy (non-hydrogen) atoms. The quantitative estimate of drug-likeness (QED) is 0.540. The number of imide groups is 1. The third-order valence-electron chi connectivity index (χ3n) is 7.26. The minimum atomic E-state index is -0.832. The van der Waals surface area contributed by atoms with Crippen LogP contribution in [-0.2, 0) is 9.59 Å². The number of likely N-dealkylation sites (tertiary alicyclic amines) is 1. The van der Waals surface area contributed by atoms with Crippen LogP contribution in [0.4, 0.5) is 9.18 Å². The summed E-state index contributed by atoms with van der Waals surface area (Å²) in [7, 11) is 0. The molecule has 7 nitrogen and oxygen atoms in total. The Labute approximate surface area is 213 Å². The lowest BCUT2D eigenvalue weighted by Gasteiger charge is -2.52. The third kappa shape index (κ3) is 4.67. The van der Waals surface area contributed by atoms with Gasteiger partial charge in [0.25, 0.3) is 5.91 Å². The van der Waals surface area contributed by atoms with Gasteiger partial charge in [-0.3, -0.25) is 24.7 Å². The second kappa shape index (κ2) is 9.35. The van der Waals surface area contributed by atoms with Crippen LogP contribution in [0, 0.1) is 25.1 Å². The van der Waals surface area contributed by atoms with Crippen molar-refractivity contribution in [3.05, 3.63) is 89.0 Å². The molecule has 2 aromatic carbocycles. The maximum Gasteiger partial charge on any atom is 0.324 e. The number of halogens is 1. The van der Waals surface area contributed by atoms with Gasteiger partial charge in [0, 0.05) is 37.5 Å². The topological polar surface area (TPSA) is 96.4 Å². The monoisotopic (exact) mass is 499 g/mol. The second-order valence-corrected chi connectivity index (χ2v) is 10.1. The van der Waals surface area contributed by atoms with Crippen molar-refractivity contribution in [2.24, 2.45) is 5.41 Å². The molecule has 1 N–H and O–H groups in total. The standard InChI is InChI=1S/C29H26FN3O4/c1-17-11-20(19-6-8-21(30)9-7-19)12-18(2)25(17)26-23(34)13-29(14-24(26)35)15-33(16-29)28(37)32-27(36)22-5-3-4-10-31-22/h3-12,26H,13-16H2,1-2H3,(H,32,36,37). The molecule has 0 bridgehead atoms. The van der Waals surface area contributed by atoms with Crippen LogP contribution in [0.25, 0.3) is 11.1 Å². The Hall–Kier alpha value is -4.20. The molecule has 1 saturated heterocycles. The minimum Gasteiger partial charge on any atom is -0.323 e. The molecule has 2 fully saturated rings. The number of carbonyl (C=O) groups is 4. The van der Waals surface area contributed by atoms with Crippen LogP contribution in [0.2, 0.25) is 0 Å². The number of aryl methyl sites for hydroxylation is 2. The van der Waals surface area contributed by atoms with E-state index in [1.807, 2.05) is 26.0 Å². The van der Waals surface area contributed by atoms with Gasteiger partial charge in [-0.05, 0) is 65.9 Å². The third-order valence-corrected chi connectivity index (χ3v) is 7.26. The number of carbonyl (C=O) groups excluding carboxylic acids is 4. The molecule has 2 heterocycles. The van der Waals surface area contributed by atoms with Gasteiger partial charge in [-0.25, -0.2) is 9.18 Å². The zero-order valence-corrected chi connectivity index (χ0v) is 20.6. The van der Waals surface area contributed by atoms with E-state index in [1.165, 1.54) is 29.3 Å². The van der Waals surface area contributed by atoms with Gasteiger partial charge < -0.3 is 4.90 Å². The SMILES string of the molecule is Cc1cc(-c2ccc(F)cc2)cc(C)c1C1C(=O)CC2(CC1=O)CN(C(=O)NC(=O)c1ccccn1)C2. The number of urea groups is 1. The van der Waals surface area contributed by atoms with Crippen molar-refractivity contribution in [2.45, 2.75) is 32.6 Å². The lowest BCUT2D eigenvalue weighted by molar-refractivity contribution is -0.141. The Morgan fingerprint density at radius 1 is 0.946 bits per heavy atom. The van der Waals surface area contributed by atoms with Gasteiger partial charge in [-0.1, -0.05) is 30.3 Å². The summed E-state index contributed by atoms with van der Waals surface area (Å²) < 4.78 is 13.3. The number of hydrogen-bond acceptors (Lipinski definition) is 5. The van der Waals surface area contributed by atoms with Crippen LogP contribution < -0.4 is 5.32 Å². The number of Topliss-reactive ketones (excluding diaryl/α,β-unsaturated/α-hetero) is 2. The zero-order chi connectivity index (χ0) is 26.3. The lowest BCUT2D eigenvalue weighted by Crippen LogP contribution is -2.64. The molecular weight excluding hydrogens is 473 g/mol. The molecule has 0 radical (unpaired) electrons. The van der Waals surface area contributed by atoms with Crippen LogP contribution in [0.15, 0.2) is 60.8 Å². The van der Waals surface area contributed by atoms with E-state index in [9.17, 15) is 23.6 Å². The smallest absolute Gasteiger partial charge is 0.323 e. The summed E-state index contributed by atoms with van der Waals surface area (Å²) in [6.45, 7) is 4.24. The summed E-state index contributed by atoms with van der Waals surface area (Å²) in [5, 5.41) is 2.31. The van der Waals surface area contributed by atoms with Crippen LogP contribution in [0.1, 0.15) is 45.9 Å². The normalized spacial score (nSPS) is 17.0. The Bertz CT molecular complexity index is 1370. The molecular formula is C29H26FN3O4. The van der Waals surface area contributed by atoms with Crippen LogP contribution >= 0.6 is 0 Å². The van der Waals surface area contributed by atoms with Crippen molar-refractivity contribution < 1.29 is 23.6 Å². The van der Waals surface area contributed by atoms with E-state index < -0.39 is 23.3 Å². The molecule has 2 aliphatic rings. The fraction of sp³-hybridized carbons (Fsp3) is 0.276. The predicted molar refractivity (Wildman–Crippen MR) is 134 cm³/mol. The van der Waals surface area contributed by atoms with Gasteiger partial charge in [0.05, 0.1) is 0 Å². The molecule has 3 amide bonds. The van der Waals surface area contributed by atoms with E-state index in [0.717, 1.165) is 27.8 Å². The van der Waals surface area contributed by atoms with E-state index in [0.29, 0.717) is 0 Å². The first-order valence-electron chi connectivity index (χ1n) is 12.1. The van der Waals surface area contributed by atoms with E-state index in [2.05, 4.69) is 10.3 Å². The summed E-state index contributed by atoms with van der Waals surface area (Å²) in [4.78, 5) is 56.7.